The molecule has 1 aromatic heterocycles. The van der Waals surface area contributed by atoms with Gasteiger partial charge in [0.15, 0.2) is 0 Å². The lowest BCUT2D eigenvalue weighted by Crippen LogP contribution is -2.17. The molecule has 0 aliphatic heterocycles. The summed E-state index contributed by atoms with van der Waals surface area (Å²) < 4.78 is 2.69. The fourth-order valence-corrected chi connectivity index (χ4v) is 9.10. The molecule has 0 saturated carbocycles. The first-order valence-electron chi connectivity index (χ1n) is 17.5. The third-order valence-corrected chi connectivity index (χ3v) is 11.5. The minimum absolute atomic E-state index is 0.731. The number of nitrogens with zero attached hydrogens (tertiary/aromatic N) is 1. The van der Waals surface area contributed by atoms with Gasteiger partial charge >= 0.3 is 0 Å². The van der Waals surface area contributed by atoms with Crippen LogP contribution in [0.15, 0.2) is 188 Å². The second-order valence-electron chi connectivity index (χ2n) is 13.3. The van der Waals surface area contributed by atoms with Gasteiger partial charge in [-0.15, -0.1) is 11.3 Å². The van der Waals surface area contributed by atoms with Crippen LogP contribution >= 0.6 is 11.3 Å². The first kappa shape index (κ1) is 29.7. The Labute approximate surface area is 301 Å². The second kappa shape index (κ2) is 12.3. The molecule has 1 heterocycles. The van der Waals surface area contributed by atoms with Crippen LogP contribution < -0.4 is 4.90 Å². The Morgan fingerprint density at radius 3 is 1.88 bits per heavy atom. The van der Waals surface area contributed by atoms with Crippen LogP contribution in [0.4, 0.5) is 11.4 Å². The van der Waals surface area contributed by atoms with E-state index in [4.69, 9.17) is 0 Å². The Bertz CT molecular complexity index is 2880. The fraction of sp³-hybridized carbons (Fsp3) is 0.0204. The lowest BCUT2D eigenvalue weighted by atomic mass is 9.96. The molecule has 0 fully saturated rings. The van der Waals surface area contributed by atoms with E-state index in [9.17, 15) is 0 Å². The van der Waals surface area contributed by atoms with E-state index in [1.54, 1.807) is 0 Å². The minimum atomic E-state index is 0.731. The van der Waals surface area contributed by atoms with Crippen LogP contribution in [0.25, 0.3) is 74.7 Å². The first-order chi connectivity index (χ1) is 25.3. The van der Waals surface area contributed by atoms with Crippen molar-refractivity contribution in [2.24, 2.45) is 0 Å². The van der Waals surface area contributed by atoms with Crippen molar-refractivity contribution in [3.05, 3.63) is 194 Å². The third kappa shape index (κ3) is 5.15. The van der Waals surface area contributed by atoms with Crippen molar-refractivity contribution in [1.29, 1.82) is 0 Å². The molecule has 0 radical (unpaired) electrons. The SMILES string of the molecule is c1ccc(-c2ccccc2CN(c2ccc(-c3ccc4c(c3)sc3c5ccccc5ccc43)cc2)c2cc3ccccc3c3ccccc23)cc1. The average Bonchev–Trinajstić information content (AvgIpc) is 3.59. The molecule has 0 aliphatic carbocycles. The van der Waals surface area contributed by atoms with Gasteiger partial charge in [-0.25, -0.2) is 0 Å². The summed E-state index contributed by atoms with van der Waals surface area (Å²) in [6, 6.07) is 68.9. The van der Waals surface area contributed by atoms with Crippen LogP contribution in [-0.2, 0) is 6.54 Å². The van der Waals surface area contributed by atoms with E-state index in [1.165, 1.54) is 86.0 Å². The highest BCUT2D eigenvalue weighted by Crippen LogP contribution is 2.42. The number of rotatable bonds is 6. The fourth-order valence-electron chi connectivity index (χ4n) is 7.82. The van der Waals surface area contributed by atoms with Crippen molar-refractivity contribution >= 4 is 75.2 Å². The second-order valence-corrected chi connectivity index (χ2v) is 14.3. The van der Waals surface area contributed by atoms with Gasteiger partial charge in [-0.1, -0.05) is 164 Å². The third-order valence-electron chi connectivity index (χ3n) is 10.3. The van der Waals surface area contributed by atoms with Gasteiger partial charge in [-0.2, -0.15) is 0 Å². The summed E-state index contributed by atoms with van der Waals surface area (Å²) in [4.78, 5) is 2.50. The van der Waals surface area contributed by atoms with Gasteiger partial charge in [0.25, 0.3) is 0 Å². The Balaban J connectivity index is 1.10. The van der Waals surface area contributed by atoms with E-state index in [0.29, 0.717) is 0 Å². The molecule has 0 saturated heterocycles. The molecule has 1 nitrogen and oxygen atoms in total. The topological polar surface area (TPSA) is 3.24 Å². The summed E-state index contributed by atoms with van der Waals surface area (Å²) in [5.41, 5.74) is 8.60. The van der Waals surface area contributed by atoms with Gasteiger partial charge < -0.3 is 4.90 Å². The lowest BCUT2D eigenvalue weighted by Gasteiger charge is -2.28. The van der Waals surface area contributed by atoms with Gasteiger partial charge in [-0.3, -0.25) is 0 Å². The largest absolute Gasteiger partial charge is 0.336 e. The van der Waals surface area contributed by atoms with Crippen molar-refractivity contribution < 1.29 is 0 Å². The summed E-state index contributed by atoms with van der Waals surface area (Å²) in [6.07, 6.45) is 0. The minimum Gasteiger partial charge on any atom is -0.336 e. The lowest BCUT2D eigenvalue weighted by molar-refractivity contribution is 0.983. The molecule has 240 valence electrons. The van der Waals surface area contributed by atoms with Crippen molar-refractivity contribution in [2.45, 2.75) is 6.54 Å². The van der Waals surface area contributed by atoms with Crippen LogP contribution in [0.5, 0.6) is 0 Å². The quantitative estimate of drug-likeness (QED) is 0.160. The van der Waals surface area contributed by atoms with Gasteiger partial charge in [0.1, 0.15) is 0 Å². The number of thiophene rings is 1. The Morgan fingerprint density at radius 2 is 1.04 bits per heavy atom. The summed E-state index contributed by atoms with van der Waals surface area (Å²) >= 11 is 1.90. The molecule has 0 atom stereocenters. The molecular formula is C49H33NS. The van der Waals surface area contributed by atoms with Gasteiger partial charge in [0.05, 0.1) is 0 Å². The highest BCUT2D eigenvalue weighted by Gasteiger charge is 2.18. The molecule has 0 spiro atoms. The van der Waals surface area contributed by atoms with E-state index in [-0.39, 0.29) is 0 Å². The normalized spacial score (nSPS) is 11.6. The van der Waals surface area contributed by atoms with E-state index in [1.807, 2.05) is 11.3 Å². The number of benzene rings is 9. The average molecular weight is 668 g/mol. The molecule has 0 unspecified atom stereocenters. The summed E-state index contributed by atoms with van der Waals surface area (Å²) in [5, 5.41) is 10.3. The van der Waals surface area contributed by atoms with E-state index < -0.39 is 0 Å². The van der Waals surface area contributed by atoms with Crippen LogP contribution in [-0.4, -0.2) is 0 Å². The maximum atomic E-state index is 2.50. The summed E-state index contributed by atoms with van der Waals surface area (Å²) in [5.74, 6) is 0. The molecule has 0 bridgehead atoms. The number of hydrogen-bond donors (Lipinski definition) is 0. The van der Waals surface area contributed by atoms with Crippen LogP contribution in [0.2, 0.25) is 0 Å². The van der Waals surface area contributed by atoms with E-state index >= 15 is 0 Å². The highest BCUT2D eigenvalue weighted by molar-refractivity contribution is 7.26. The zero-order chi connectivity index (χ0) is 33.7. The molecule has 2 heteroatoms. The zero-order valence-corrected chi connectivity index (χ0v) is 28.8. The van der Waals surface area contributed by atoms with Crippen molar-refractivity contribution in [3.8, 4) is 22.3 Å². The molecule has 0 aliphatic rings. The number of fused-ring (bicyclic) bond motifs is 8. The summed E-state index contributed by atoms with van der Waals surface area (Å²) in [6.45, 7) is 0.731. The number of anilines is 2. The zero-order valence-electron chi connectivity index (χ0n) is 28.0. The molecule has 0 amide bonds. The predicted molar refractivity (Wildman–Crippen MR) is 221 cm³/mol. The Morgan fingerprint density at radius 1 is 0.392 bits per heavy atom. The van der Waals surface area contributed by atoms with E-state index in [0.717, 1.165) is 12.2 Å². The van der Waals surface area contributed by atoms with E-state index in [2.05, 4.69) is 193 Å². The smallest absolute Gasteiger partial charge is 0.0500 e. The molecule has 0 N–H and O–H groups in total. The standard InChI is InChI=1S/C49H33NS/c1-2-12-34(13-3-1)40-17-7-6-16-38(40)32-50(47-30-37-15-5-8-18-41(37)43-20-10-11-21-44(43)47)39-26-22-33(23-27-39)36-25-28-45-46-29-24-35-14-4-9-19-42(35)49(46)51-48(45)31-36/h1-31H,32H2. The summed E-state index contributed by atoms with van der Waals surface area (Å²) in [7, 11) is 0. The molecular weight excluding hydrogens is 635 g/mol. The first-order valence-corrected chi connectivity index (χ1v) is 18.4. The molecule has 10 aromatic rings. The molecule has 51 heavy (non-hydrogen) atoms. The van der Waals surface area contributed by atoms with Gasteiger partial charge in [-0.05, 0) is 79.0 Å². The Kier molecular flexibility index (Phi) is 7.14. The van der Waals surface area contributed by atoms with Crippen LogP contribution in [0.1, 0.15) is 5.56 Å². The molecule has 9 aromatic carbocycles. The Hall–Kier alpha value is -6.22. The monoisotopic (exact) mass is 667 g/mol. The van der Waals surface area contributed by atoms with Crippen LogP contribution in [0, 0.1) is 0 Å². The maximum Gasteiger partial charge on any atom is 0.0500 e. The van der Waals surface area contributed by atoms with Gasteiger partial charge in [0, 0.05) is 43.5 Å². The predicted octanol–water partition coefficient (Wildman–Crippen LogP) is 14.2. The van der Waals surface area contributed by atoms with Gasteiger partial charge in [0.2, 0.25) is 0 Å². The van der Waals surface area contributed by atoms with Crippen LogP contribution in [0.3, 0.4) is 0 Å². The number of hydrogen-bond acceptors (Lipinski definition) is 2. The van der Waals surface area contributed by atoms with Crippen molar-refractivity contribution in [2.75, 3.05) is 4.90 Å². The highest BCUT2D eigenvalue weighted by atomic mass is 32.1. The molecule has 10 rings (SSSR count). The maximum absolute atomic E-state index is 2.50. The van der Waals surface area contributed by atoms with Crippen molar-refractivity contribution in [3.63, 3.8) is 0 Å². The van der Waals surface area contributed by atoms with Crippen molar-refractivity contribution in [1.82, 2.24) is 0 Å².